The maximum absolute atomic E-state index is 12.3. The molecule has 0 amide bonds. The van der Waals surface area contributed by atoms with Gasteiger partial charge in [-0.3, -0.25) is 0 Å². The van der Waals surface area contributed by atoms with Crippen LogP contribution in [0.3, 0.4) is 0 Å². The molecule has 0 bridgehead atoms. The molecule has 1 aromatic carbocycles. The Morgan fingerprint density at radius 3 is 2.33 bits per heavy atom. The summed E-state index contributed by atoms with van der Waals surface area (Å²) in [7, 11) is 0. The molecule has 1 heterocycles. The van der Waals surface area contributed by atoms with Gasteiger partial charge in [0, 0.05) is 6.20 Å². The minimum atomic E-state index is -4.35. The first-order chi connectivity index (χ1) is 8.47. The molecule has 18 heavy (non-hydrogen) atoms. The summed E-state index contributed by atoms with van der Waals surface area (Å²) >= 11 is 3.17. The molecule has 0 saturated carbocycles. The first-order valence-electron chi connectivity index (χ1n) is 4.77. The monoisotopic (exact) mass is 318 g/mol. The second kappa shape index (κ2) is 4.93. The van der Waals surface area contributed by atoms with Crippen molar-refractivity contribution in [2.45, 2.75) is 6.18 Å². The van der Waals surface area contributed by atoms with Gasteiger partial charge in [-0.25, -0.2) is 9.97 Å². The van der Waals surface area contributed by atoms with Crippen LogP contribution in [0.1, 0.15) is 5.56 Å². The van der Waals surface area contributed by atoms with Gasteiger partial charge in [-0.15, -0.1) is 0 Å². The van der Waals surface area contributed by atoms with Gasteiger partial charge in [-0.2, -0.15) is 13.2 Å². The van der Waals surface area contributed by atoms with Crippen molar-refractivity contribution >= 4 is 15.9 Å². The molecule has 0 spiro atoms. The Kier molecular flexibility index (Phi) is 3.51. The van der Waals surface area contributed by atoms with E-state index in [2.05, 4.69) is 25.9 Å². The Bertz CT molecular complexity index is 543. The largest absolute Gasteiger partial charge is 0.438 e. The minimum Gasteiger partial charge on any atom is -0.438 e. The predicted molar refractivity (Wildman–Crippen MR) is 61.3 cm³/mol. The molecular weight excluding hydrogens is 313 g/mol. The van der Waals surface area contributed by atoms with Crippen molar-refractivity contribution in [2.24, 2.45) is 0 Å². The number of ether oxygens (including phenoxy) is 1. The first kappa shape index (κ1) is 12.8. The van der Waals surface area contributed by atoms with Gasteiger partial charge in [0.15, 0.2) is 0 Å². The molecule has 2 rings (SSSR count). The van der Waals surface area contributed by atoms with Crippen LogP contribution in [0.5, 0.6) is 11.6 Å². The summed E-state index contributed by atoms with van der Waals surface area (Å²) in [4.78, 5) is 7.59. The number of hydrogen-bond donors (Lipinski definition) is 0. The SMILES string of the molecule is FC(F)(F)c1ccc(Oc2ncncc2Br)cc1. The molecule has 0 saturated heterocycles. The second-order valence-corrected chi connectivity index (χ2v) is 4.15. The van der Waals surface area contributed by atoms with Crippen molar-refractivity contribution in [2.75, 3.05) is 0 Å². The zero-order valence-corrected chi connectivity index (χ0v) is 10.4. The molecule has 0 unspecified atom stereocenters. The Labute approximate surface area is 109 Å². The summed E-state index contributed by atoms with van der Waals surface area (Å²) in [5.74, 6) is 0.507. The van der Waals surface area contributed by atoms with Gasteiger partial charge in [0.25, 0.3) is 0 Å². The maximum atomic E-state index is 12.3. The average Bonchev–Trinajstić information content (AvgIpc) is 2.32. The molecule has 0 atom stereocenters. The lowest BCUT2D eigenvalue weighted by Crippen LogP contribution is -2.04. The number of benzene rings is 1. The fourth-order valence-corrected chi connectivity index (χ4v) is 1.50. The number of alkyl halides is 3. The van der Waals surface area contributed by atoms with E-state index in [9.17, 15) is 13.2 Å². The standard InChI is InChI=1S/C11H6BrF3N2O/c12-9-5-16-6-17-10(9)18-8-3-1-7(2-4-8)11(13,14)15/h1-6H. The fourth-order valence-electron chi connectivity index (χ4n) is 1.20. The third-order valence-corrected chi connectivity index (χ3v) is 2.57. The number of nitrogens with zero attached hydrogens (tertiary/aromatic N) is 2. The van der Waals surface area contributed by atoms with Crippen LogP contribution in [0.4, 0.5) is 13.2 Å². The van der Waals surface area contributed by atoms with E-state index in [4.69, 9.17) is 4.74 Å². The third-order valence-electron chi connectivity index (χ3n) is 2.03. The second-order valence-electron chi connectivity index (χ2n) is 3.30. The predicted octanol–water partition coefficient (Wildman–Crippen LogP) is 4.05. The number of rotatable bonds is 2. The lowest BCUT2D eigenvalue weighted by molar-refractivity contribution is -0.137. The first-order valence-corrected chi connectivity index (χ1v) is 5.57. The van der Waals surface area contributed by atoms with Crippen LogP contribution in [0.15, 0.2) is 41.3 Å². The van der Waals surface area contributed by atoms with E-state index in [0.717, 1.165) is 12.1 Å². The quantitative estimate of drug-likeness (QED) is 0.837. The number of aromatic nitrogens is 2. The molecule has 0 aliphatic heterocycles. The van der Waals surface area contributed by atoms with Gasteiger partial charge in [-0.05, 0) is 40.2 Å². The van der Waals surface area contributed by atoms with Crippen molar-refractivity contribution in [1.29, 1.82) is 0 Å². The van der Waals surface area contributed by atoms with Crippen molar-refractivity contribution in [3.8, 4) is 11.6 Å². The third kappa shape index (κ3) is 2.98. The zero-order valence-electron chi connectivity index (χ0n) is 8.78. The van der Waals surface area contributed by atoms with Crippen LogP contribution >= 0.6 is 15.9 Å². The van der Waals surface area contributed by atoms with Crippen molar-refractivity contribution in [1.82, 2.24) is 9.97 Å². The molecule has 0 fully saturated rings. The van der Waals surface area contributed by atoms with Gasteiger partial charge in [0.1, 0.15) is 12.1 Å². The Morgan fingerprint density at radius 1 is 1.11 bits per heavy atom. The van der Waals surface area contributed by atoms with Gasteiger partial charge in [0.2, 0.25) is 5.88 Å². The van der Waals surface area contributed by atoms with Crippen molar-refractivity contribution < 1.29 is 17.9 Å². The Hall–Kier alpha value is -1.63. The highest BCUT2D eigenvalue weighted by atomic mass is 79.9. The molecule has 0 N–H and O–H groups in total. The molecule has 1 aromatic heterocycles. The highest BCUT2D eigenvalue weighted by Crippen LogP contribution is 2.32. The summed E-state index contributed by atoms with van der Waals surface area (Å²) in [5.41, 5.74) is -0.725. The molecule has 7 heteroatoms. The molecule has 3 nitrogen and oxygen atoms in total. The van der Waals surface area contributed by atoms with E-state index in [1.807, 2.05) is 0 Å². The van der Waals surface area contributed by atoms with Crippen LogP contribution in [0.25, 0.3) is 0 Å². The number of halogens is 4. The molecule has 2 aromatic rings. The molecule has 0 radical (unpaired) electrons. The van der Waals surface area contributed by atoms with E-state index in [0.29, 0.717) is 4.47 Å². The summed E-state index contributed by atoms with van der Waals surface area (Å²) in [6.45, 7) is 0. The average molecular weight is 319 g/mol. The van der Waals surface area contributed by atoms with Gasteiger partial charge in [0.05, 0.1) is 10.0 Å². The van der Waals surface area contributed by atoms with Crippen LogP contribution in [-0.2, 0) is 6.18 Å². The van der Waals surface area contributed by atoms with Crippen LogP contribution in [0, 0.1) is 0 Å². The lowest BCUT2D eigenvalue weighted by atomic mass is 10.2. The van der Waals surface area contributed by atoms with E-state index in [1.165, 1.54) is 24.7 Å². The highest BCUT2D eigenvalue weighted by Gasteiger charge is 2.30. The van der Waals surface area contributed by atoms with Gasteiger partial charge >= 0.3 is 6.18 Å². The highest BCUT2D eigenvalue weighted by molar-refractivity contribution is 9.10. The fraction of sp³-hybridized carbons (Fsp3) is 0.0909. The Morgan fingerprint density at radius 2 is 1.78 bits per heavy atom. The normalized spacial score (nSPS) is 11.3. The Balaban J connectivity index is 2.19. The summed E-state index contributed by atoms with van der Waals surface area (Å²) in [6, 6.07) is 4.36. The van der Waals surface area contributed by atoms with E-state index in [1.54, 1.807) is 0 Å². The van der Waals surface area contributed by atoms with E-state index in [-0.39, 0.29) is 11.6 Å². The molecular formula is C11H6BrF3N2O. The van der Waals surface area contributed by atoms with Gasteiger partial charge in [-0.1, -0.05) is 0 Å². The van der Waals surface area contributed by atoms with Crippen molar-refractivity contribution in [3.63, 3.8) is 0 Å². The maximum Gasteiger partial charge on any atom is 0.416 e. The van der Waals surface area contributed by atoms with Crippen LogP contribution in [0.2, 0.25) is 0 Å². The minimum absolute atomic E-state index is 0.241. The van der Waals surface area contributed by atoms with Crippen LogP contribution in [-0.4, -0.2) is 9.97 Å². The summed E-state index contributed by atoms with van der Waals surface area (Å²) in [5, 5.41) is 0. The summed E-state index contributed by atoms with van der Waals surface area (Å²) < 4.78 is 42.9. The zero-order chi connectivity index (χ0) is 13.2. The summed E-state index contributed by atoms with van der Waals surface area (Å²) in [6.07, 6.45) is -1.59. The lowest BCUT2D eigenvalue weighted by Gasteiger charge is -2.08. The van der Waals surface area contributed by atoms with Crippen LogP contribution < -0.4 is 4.74 Å². The molecule has 94 valence electrons. The van der Waals surface area contributed by atoms with Gasteiger partial charge < -0.3 is 4.74 Å². The van der Waals surface area contributed by atoms with E-state index < -0.39 is 11.7 Å². The van der Waals surface area contributed by atoms with E-state index >= 15 is 0 Å². The molecule has 0 aliphatic rings. The smallest absolute Gasteiger partial charge is 0.416 e. The molecule has 0 aliphatic carbocycles. The topological polar surface area (TPSA) is 35.0 Å². The number of hydrogen-bond acceptors (Lipinski definition) is 3. The van der Waals surface area contributed by atoms with Crippen molar-refractivity contribution in [3.05, 3.63) is 46.8 Å².